The maximum atomic E-state index is 11.6. The van der Waals surface area contributed by atoms with Crippen LogP contribution in [0.25, 0.3) is 0 Å². The molecule has 0 heterocycles. The van der Waals surface area contributed by atoms with Crippen LogP contribution in [0.4, 0.5) is 0 Å². The number of hydrogen-bond acceptors (Lipinski definition) is 4. The molecule has 0 aromatic heterocycles. The monoisotopic (exact) mass is 233 g/mol. The summed E-state index contributed by atoms with van der Waals surface area (Å²) in [7, 11) is 4.04. The molecule has 0 radical (unpaired) electrons. The van der Waals surface area contributed by atoms with E-state index in [1.54, 1.807) is 0 Å². The Kier molecular flexibility index (Phi) is 7.82. The third-order valence-corrected chi connectivity index (χ3v) is 2.45. The van der Waals surface area contributed by atoms with E-state index in [1.165, 1.54) is 0 Å². The summed E-state index contributed by atoms with van der Waals surface area (Å²) in [5, 5.41) is 2.89. The standard InChI is InChI=1S/C10H23N3OS/c1-8(2)9(12-15)10(14)11-6-5-7-13(3)4/h8-9,12,15H,5-7H2,1-4H3,(H,11,14)/t9-/m1/s1. The van der Waals surface area contributed by atoms with Gasteiger partial charge in [0.05, 0.1) is 6.04 Å². The molecule has 0 aromatic rings. The fourth-order valence-electron chi connectivity index (χ4n) is 1.23. The van der Waals surface area contributed by atoms with Crippen molar-refractivity contribution in [1.29, 1.82) is 0 Å². The molecule has 0 spiro atoms. The van der Waals surface area contributed by atoms with Crippen LogP contribution in [0.15, 0.2) is 0 Å². The van der Waals surface area contributed by atoms with Gasteiger partial charge in [-0.25, -0.2) is 0 Å². The molecule has 90 valence electrons. The summed E-state index contributed by atoms with van der Waals surface area (Å²) in [5.74, 6) is 0.273. The van der Waals surface area contributed by atoms with Crippen LogP contribution in [0.3, 0.4) is 0 Å². The molecule has 0 saturated carbocycles. The highest BCUT2D eigenvalue weighted by atomic mass is 32.1. The molecule has 0 aliphatic carbocycles. The van der Waals surface area contributed by atoms with Crippen LogP contribution in [0.5, 0.6) is 0 Å². The predicted octanol–water partition coefficient (Wildman–Crippen LogP) is 0.513. The zero-order chi connectivity index (χ0) is 11.8. The van der Waals surface area contributed by atoms with Gasteiger partial charge in [0.2, 0.25) is 5.91 Å². The maximum Gasteiger partial charge on any atom is 0.238 e. The Morgan fingerprint density at radius 2 is 2.00 bits per heavy atom. The lowest BCUT2D eigenvalue weighted by Gasteiger charge is -2.19. The molecule has 1 atom stereocenters. The van der Waals surface area contributed by atoms with E-state index >= 15 is 0 Å². The smallest absolute Gasteiger partial charge is 0.238 e. The summed E-state index contributed by atoms with van der Waals surface area (Å²) >= 11 is 3.95. The average Bonchev–Trinajstić information content (AvgIpc) is 2.12. The summed E-state index contributed by atoms with van der Waals surface area (Å²) in [5.41, 5.74) is 0. The molecule has 0 unspecified atom stereocenters. The molecule has 0 bridgehead atoms. The first-order valence-electron chi connectivity index (χ1n) is 5.31. The fraction of sp³-hybridized carbons (Fsp3) is 0.900. The second kappa shape index (κ2) is 7.96. The van der Waals surface area contributed by atoms with Crippen LogP contribution in [0, 0.1) is 5.92 Å². The quantitative estimate of drug-likeness (QED) is 0.443. The lowest BCUT2D eigenvalue weighted by Crippen LogP contribution is -2.44. The van der Waals surface area contributed by atoms with Crippen molar-refractivity contribution in [3.05, 3.63) is 0 Å². The van der Waals surface area contributed by atoms with Crippen LogP contribution < -0.4 is 10.0 Å². The van der Waals surface area contributed by atoms with Gasteiger partial charge in [0.25, 0.3) is 0 Å². The number of amides is 1. The van der Waals surface area contributed by atoms with Gasteiger partial charge in [0, 0.05) is 6.54 Å². The minimum atomic E-state index is -0.215. The number of nitrogens with one attached hydrogen (secondary N) is 2. The molecule has 5 heteroatoms. The molecule has 15 heavy (non-hydrogen) atoms. The van der Waals surface area contributed by atoms with E-state index in [0.717, 1.165) is 19.5 Å². The van der Waals surface area contributed by atoms with Crippen molar-refractivity contribution in [2.24, 2.45) is 5.92 Å². The Bertz CT molecular complexity index is 186. The zero-order valence-corrected chi connectivity index (χ0v) is 11.0. The average molecular weight is 233 g/mol. The molecule has 0 rings (SSSR count). The number of nitrogens with zero attached hydrogens (tertiary/aromatic N) is 1. The Hall–Kier alpha value is -0.260. The van der Waals surface area contributed by atoms with Crippen LogP contribution in [0.1, 0.15) is 20.3 Å². The minimum absolute atomic E-state index is 0.0266. The van der Waals surface area contributed by atoms with Gasteiger partial charge >= 0.3 is 0 Å². The third-order valence-electron chi connectivity index (χ3n) is 2.17. The number of hydrogen-bond donors (Lipinski definition) is 3. The normalized spacial score (nSPS) is 13.3. The first-order valence-corrected chi connectivity index (χ1v) is 5.75. The molecule has 0 aliphatic heterocycles. The second-order valence-corrected chi connectivity index (χ2v) is 4.56. The topological polar surface area (TPSA) is 44.4 Å². The van der Waals surface area contributed by atoms with Crippen molar-refractivity contribution in [3.63, 3.8) is 0 Å². The number of rotatable bonds is 7. The van der Waals surface area contributed by atoms with Crippen molar-refractivity contribution in [1.82, 2.24) is 14.9 Å². The lowest BCUT2D eigenvalue weighted by molar-refractivity contribution is -0.123. The summed E-state index contributed by atoms with van der Waals surface area (Å²) in [6.45, 7) is 5.69. The van der Waals surface area contributed by atoms with E-state index < -0.39 is 0 Å². The fourth-order valence-corrected chi connectivity index (χ4v) is 1.64. The molecular weight excluding hydrogens is 210 g/mol. The van der Waals surface area contributed by atoms with Crippen molar-refractivity contribution >= 4 is 18.7 Å². The molecule has 0 saturated heterocycles. The number of thiol groups is 1. The number of carbonyl (C=O) groups is 1. The Labute approximate surface area is 98.3 Å². The van der Waals surface area contributed by atoms with E-state index in [1.807, 2.05) is 27.9 Å². The van der Waals surface area contributed by atoms with Crippen LogP contribution >= 0.6 is 12.8 Å². The molecule has 0 aromatic carbocycles. The van der Waals surface area contributed by atoms with Gasteiger partial charge in [-0.2, -0.15) is 0 Å². The summed E-state index contributed by atoms with van der Waals surface area (Å²) in [6.07, 6.45) is 0.968. The zero-order valence-electron chi connectivity index (χ0n) is 10.1. The first-order chi connectivity index (χ1) is 6.99. The van der Waals surface area contributed by atoms with E-state index in [-0.39, 0.29) is 17.9 Å². The van der Waals surface area contributed by atoms with Crippen LogP contribution in [-0.2, 0) is 4.79 Å². The van der Waals surface area contributed by atoms with Crippen LogP contribution in [-0.4, -0.2) is 44.0 Å². The Morgan fingerprint density at radius 3 is 2.40 bits per heavy atom. The minimum Gasteiger partial charge on any atom is -0.355 e. The van der Waals surface area contributed by atoms with Crippen molar-refractivity contribution < 1.29 is 4.79 Å². The van der Waals surface area contributed by atoms with Gasteiger partial charge in [-0.3, -0.25) is 9.52 Å². The summed E-state index contributed by atoms with van der Waals surface area (Å²) in [6, 6.07) is -0.215. The molecule has 2 N–H and O–H groups in total. The predicted molar refractivity (Wildman–Crippen MR) is 66.9 cm³/mol. The molecular formula is C10H23N3OS. The highest BCUT2D eigenvalue weighted by Crippen LogP contribution is 2.02. The van der Waals surface area contributed by atoms with Gasteiger partial charge in [0.15, 0.2) is 0 Å². The van der Waals surface area contributed by atoms with Crippen molar-refractivity contribution in [3.8, 4) is 0 Å². The highest BCUT2D eigenvalue weighted by molar-refractivity contribution is 7.78. The molecule has 1 amide bonds. The van der Waals surface area contributed by atoms with Gasteiger partial charge < -0.3 is 10.2 Å². The van der Waals surface area contributed by atoms with E-state index in [0.29, 0.717) is 0 Å². The van der Waals surface area contributed by atoms with Gasteiger partial charge in [-0.05, 0) is 33.0 Å². The van der Waals surface area contributed by atoms with E-state index in [4.69, 9.17) is 0 Å². The lowest BCUT2D eigenvalue weighted by atomic mass is 10.1. The highest BCUT2D eigenvalue weighted by Gasteiger charge is 2.19. The van der Waals surface area contributed by atoms with Crippen molar-refractivity contribution in [2.75, 3.05) is 27.2 Å². The first kappa shape index (κ1) is 14.7. The maximum absolute atomic E-state index is 11.6. The molecule has 0 aliphatic rings. The molecule has 0 fully saturated rings. The Balaban J connectivity index is 3.72. The second-order valence-electron chi connectivity index (χ2n) is 4.30. The van der Waals surface area contributed by atoms with Crippen molar-refractivity contribution in [2.45, 2.75) is 26.3 Å². The summed E-state index contributed by atoms with van der Waals surface area (Å²) in [4.78, 5) is 13.7. The third kappa shape index (κ3) is 6.76. The largest absolute Gasteiger partial charge is 0.355 e. The van der Waals surface area contributed by atoms with Gasteiger partial charge in [-0.1, -0.05) is 26.7 Å². The van der Waals surface area contributed by atoms with Gasteiger partial charge in [-0.15, -0.1) is 0 Å². The SMILES string of the molecule is CC(C)[C@@H](NS)C(=O)NCCCN(C)C. The molecule has 4 nitrogen and oxygen atoms in total. The van der Waals surface area contributed by atoms with Crippen LogP contribution in [0.2, 0.25) is 0 Å². The van der Waals surface area contributed by atoms with E-state index in [2.05, 4.69) is 27.8 Å². The Morgan fingerprint density at radius 1 is 1.40 bits per heavy atom. The van der Waals surface area contributed by atoms with E-state index in [9.17, 15) is 4.79 Å². The number of carbonyl (C=O) groups excluding carboxylic acids is 1. The van der Waals surface area contributed by atoms with Gasteiger partial charge in [0.1, 0.15) is 0 Å². The summed E-state index contributed by atoms with van der Waals surface area (Å²) < 4.78 is 2.72.